The highest BCUT2D eigenvalue weighted by Gasteiger charge is 2.22. The average Bonchev–Trinajstić information content (AvgIpc) is 3.53. The number of aromatic carboxylic acids is 2. The first-order chi connectivity index (χ1) is 20.7. The van der Waals surface area contributed by atoms with Gasteiger partial charge < -0.3 is 25.3 Å². The van der Waals surface area contributed by atoms with Crippen molar-refractivity contribution in [3.63, 3.8) is 0 Å². The van der Waals surface area contributed by atoms with Crippen molar-refractivity contribution >= 4 is 56.7 Å². The molecule has 0 fully saturated rings. The summed E-state index contributed by atoms with van der Waals surface area (Å²) in [6.45, 7) is 2.09. The molecule has 1 aromatic heterocycles. The highest BCUT2D eigenvalue weighted by molar-refractivity contribution is 7.10. The summed E-state index contributed by atoms with van der Waals surface area (Å²) < 4.78 is 0. The van der Waals surface area contributed by atoms with Crippen LogP contribution in [0.2, 0.25) is 0 Å². The van der Waals surface area contributed by atoms with E-state index in [1.165, 1.54) is 23.4 Å². The van der Waals surface area contributed by atoms with Crippen molar-refractivity contribution in [2.24, 2.45) is 4.99 Å². The van der Waals surface area contributed by atoms with Crippen molar-refractivity contribution in [2.75, 3.05) is 20.1 Å². The Labute approximate surface area is 252 Å². The number of fused-ring (bicyclic) bond motifs is 2. The second kappa shape index (κ2) is 12.8. The van der Waals surface area contributed by atoms with Gasteiger partial charge in [0.25, 0.3) is 0 Å². The van der Waals surface area contributed by atoms with Gasteiger partial charge in [-0.2, -0.15) is 0 Å². The monoisotopic (exact) mass is 594 g/mol. The predicted octanol–water partition coefficient (Wildman–Crippen LogP) is 6.89. The van der Waals surface area contributed by atoms with E-state index in [0.717, 1.165) is 18.9 Å². The minimum Gasteiger partial charge on any atom is -0.507 e. The van der Waals surface area contributed by atoms with Crippen LogP contribution in [0, 0.1) is 0 Å². The molecule has 0 bridgehead atoms. The van der Waals surface area contributed by atoms with E-state index < -0.39 is 23.4 Å². The predicted molar refractivity (Wildman–Crippen MR) is 171 cm³/mol. The molecule has 1 aliphatic heterocycles. The number of hydrogen-bond donors (Lipinski definition) is 4. The summed E-state index contributed by atoms with van der Waals surface area (Å²) in [6.07, 6.45) is 5.37. The average molecular weight is 595 g/mol. The van der Waals surface area contributed by atoms with Gasteiger partial charge in [0.15, 0.2) is 0 Å². The summed E-state index contributed by atoms with van der Waals surface area (Å²) >= 11 is 1.75. The number of thiophene rings is 1. The van der Waals surface area contributed by atoms with Gasteiger partial charge in [0.05, 0.1) is 0 Å². The van der Waals surface area contributed by atoms with Crippen molar-refractivity contribution < 1.29 is 30.0 Å². The summed E-state index contributed by atoms with van der Waals surface area (Å²) in [5.41, 5.74) is 0.112. The van der Waals surface area contributed by atoms with Gasteiger partial charge in [-0.1, -0.05) is 54.6 Å². The molecular formula is C34H30N2O6S. The van der Waals surface area contributed by atoms with Crippen LogP contribution in [0.4, 0.5) is 0 Å². The van der Waals surface area contributed by atoms with Crippen LogP contribution in [0.3, 0.4) is 0 Å². The summed E-state index contributed by atoms with van der Waals surface area (Å²) in [7, 11) is 2.09. The highest BCUT2D eigenvalue weighted by atomic mass is 32.1. The second-order valence-electron chi connectivity index (χ2n) is 10.1. The van der Waals surface area contributed by atoms with Crippen molar-refractivity contribution in [2.45, 2.75) is 12.8 Å². The zero-order valence-electron chi connectivity index (χ0n) is 23.4. The Kier molecular flexibility index (Phi) is 8.73. The molecule has 6 rings (SSSR count). The lowest BCUT2D eigenvalue weighted by Gasteiger charge is -2.22. The molecule has 8 nitrogen and oxygen atoms in total. The van der Waals surface area contributed by atoms with E-state index in [-0.39, 0.29) is 17.5 Å². The van der Waals surface area contributed by atoms with E-state index in [1.807, 2.05) is 0 Å². The molecule has 218 valence electrons. The fourth-order valence-electron chi connectivity index (χ4n) is 5.14. The zero-order chi connectivity index (χ0) is 30.5. The Bertz CT molecular complexity index is 1780. The molecule has 2 heterocycles. The van der Waals surface area contributed by atoms with Crippen LogP contribution < -0.4 is 0 Å². The first kappa shape index (κ1) is 29.3. The molecule has 9 heteroatoms. The van der Waals surface area contributed by atoms with Crippen molar-refractivity contribution in [3.8, 4) is 11.5 Å². The quantitative estimate of drug-likeness (QED) is 0.168. The van der Waals surface area contributed by atoms with Crippen molar-refractivity contribution in [3.05, 3.63) is 111 Å². The lowest BCUT2D eigenvalue weighted by molar-refractivity contribution is 0.0682. The summed E-state index contributed by atoms with van der Waals surface area (Å²) in [5, 5.41) is 44.9. The molecule has 4 aromatic carbocycles. The largest absolute Gasteiger partial charge is 0.507 e. The molecule has 0 amide bonds. The summed E-state index contributed by atoms with van der Waals surface area (Å²) in [6, 6.07) is 21.0. The number of benzene rings is 4. The van der Waals surface area contributed by atoms with E-state index in [4.69, 9.17) is 0 Å². The molecule has 0 saturated carbocycles. The normalized spacial score (nSPS) is 13.1. The van der Waals surface area contributed by atoms with E-state index in [1.54, 1.807) is 59.9 Å². The van der Waals surface area contributed by atoms with Crippen LogP contribution in [0.25, 0.3) is 27.6 Å². The molecular weight excluding hydrogens is 564 g/mol. The molecule has 0 radical (unpaired) electrons. The van der Waals surface area contributed by atoms with Gasteiger partial charge >= 0.3 is 11.9 Å². The van der Waals surface area contributed by atoms with Crippen LogP contribution in [-0.2, 0) is 6.42 Å². The topological polar surface area (TPSA) is 131 Å². The minimum atomic E-state index is -1.28. The third-order valence-corrected chi connectivity index (χ3v) is 8.16. The number of amidine groups is 1. The maximum atomic E-state index is 11.6. The molecule has 4 N–H and O–H groups in total. The number of phenols is 2. The van der Waals surface area contributed by atoms with Crippen LogP contribution in [0.5, 0.6) is 11.5 Å². The number of carboxylic acid groups (broad SMARTS) is 2. The van der Waals surface area contributed by atoms with Gasteiger partial charge in [0.2, 0.25) is 0 Å². The van der Waals surface area contributed by atoms with Gasteiger partial charge in [-0.3, -0.25) is 4.99 Å². The molecule has 0 spiro atoms. The van der Waals surface area contributed by atoms with Gasteiger partial charge in [0.1, 0.15) is 28.5 Å². The smallest absolute Gasteiger partial charge is 0.339 e. The molecule has 0 saturated heterocycles. The third kappa shape index (κ3) is 6.37. The Morgan fingerprint density at radius 1 is 0.837 bits per heavy atom. The van der Waals surface area contributed by atoms with Crippen molar-refractivity contribution in [1.82, 2.24) is 4.90 Å². The Balaban J connectivity index is 0.000000220. The molecule has 43 heavy (non-hydrogen) atoms. The fourth-order valence-corrected chi connectivity index (χ4v) is 5.76. The minimum absolute atomic E-state index is 0.0407. The number of nitrogens with zero attached hydrogens (tertiary/aromatic N) is 2. The number of hydrogen-bond acceptors (Lipinski definition) is 7. The standard InChI is InChI=1S/C23H16O6.C11H14N2S/c24-20-16(14-7-3-1-5-12(14)9-18(20)22(26)27)11-17-15-8-4-2-6-13(15)10-19(21(17)25)23(28)29;1-13-8-3-7-12-11(13)6-5-10-4-2-9-14-10/h1-10,24-25H,11H2,(H,26,27)(H,28,29);2,4-6,9H,3,7-8H2,1H3/b;6-5-. The fraction of sp³-hybridized carbons (Fsp3) is 0.147. The molecule has 0 atom stereocenters. The van der Waals surface area contributed by atoms with Gasteiger partial charge in [-0.05, 0) is 63.7 Å². The first-order valence-electron chi connectivity index (χ1n) is 13.7. The van der Waals surface area contributed by atoms with E-state index in [2.05, 4.69) is 46.6 Å². The van der Waals surface area contributed by atoms with E-state index in [0.29, 0.717) is 32.7 Å². The van der Waals surface area contributed by atoms with Crippen LogP contribution in [0.1, 0.15) is 43.1 Å². The Morgan fingerprint density at radius 2 is 1.40 bits per heavy atom. The van der Waals surface area contributed by atoms with Gasteiger partial charge in [-0.15, -0.1) is 11.3 Å². The molecule has 5 aromatic rings. The lowest BCUT2D eigenvalue weighted by atomic mass is 9.90. The maximum Gasteiger partial charge on any atom is 0.339 e. The molecule has 1 aliphatic rings. The number of rotatable bonds is 6. The molecule has 0 aliphatic carbocycles. The maximum absolute atomic E-state index is 11.6. The Hall–Kier alpha value is -5.15. The second-order valence-corrected chi connectivity index (χ2v) is 11.1. The number of aromatic hydroxyl groups is 2. The van der Waals surface area contributed by atoms with Crippen LogP contribution in [-0.4, -0.2) is 63.2 Å². The lowest BCUT2D eigenvalue weighted by Crippen LogP contribution is -2.30. The zero-order valence-corrected chi connectivity index (χ0v) is 24.2. The summed E-state index contributed by atoms with van der Waals surface area (Å²) in [5.74, 6) is -2.25. The Morgan fingerprint density at radius 3 is 1.88 bits per heavy atom. The SMILES string of the molecule is CN1CCCN=C1/C=C\c1cccs1.O=C(O)c1cc2ccccc2c(Cc2c(O)c(C(=O)O)cc3ccccc23)c1O. The van der Waals surface area contributed by atoms with Crippen LogP contribution >= 0.6 is 11.3 Å². The number of carbonyl (C=O) groups is 2. The van der Waals surface area contributed by atoms with Gasteiger partial charge in [0, 0.05) is 42.6 Å². The summed E-state index contributed by atoms with van der Waals surface area (Å²) in [4.78, 5) is 31.2. The van der Waals surface area contributed by atoms with Gasteiger partial charge in [-0.25, -0.2) is 9.59 Å². The number of aliphatic imine (C=N–C) groups is 1. The van der Waals surface area contributed by atoms with Crippen molar-refractivity contribution in [1.29, 1.82) is 0 Å². The number of carboxylic acids is 2. The van der Waals surface area contributed by atoms with Crippen LogP contribution in [0.15, 0.2) is 89.2 Å². The third-order valence-electron chi connectivity index (χ3n) is 7.32. The van der Waals surface area contributed by atoms with E-state index >= 15 is 0 Å². The molecule has 0 unspecified atom stereocenters. The highest BCUT2D eigenvalue weighted by Crippen LogP contribution is 2.38. The first-order valence-corrected chi connectivity index (χ1v) is 14.5. The number of likely N-dealkylation sites (N-methyl/N-ethyl adjacent to an activating group) is 1. The van der Waals surface area contributed by atoms with E-state index in [9.17, 15) is 30.0 Å².